The second-order valence-electron chi connectivity index (χ2n) is 7.81. The number of hydrogen-bond donors (Lipinski definition) is 1. The second kappa shape index (κ2) is 7.09. The van der Waals surface area contributed by atoms with Crippen molar-refractivity contribution in [2.75, 3.05) is 13.1 Å². The lowest BCUT2D eigenvalue weighted by Crippen LogP contribution is -2.49. The van der Waals surface area contributed by atoms with E-state index in [1.807, 2.05) is 17.9 Å². The molecular formula is C20H25FN6O. The van der Waals surface area contributed by atoms with Crippen LogP contribution in [-0.2, 0) is 4.79 Å². The van der Waals surface area contributed by atoms with Gasteiger partial charge in [-0.15, -0.1) is 0 Å². The van der Waals surface area contributed by atoms with Gasteiger partial charge in [-0.05, 0) is 44.5 Å². The third-order valence-electron chi connectivity index (χ3n) is 5.57. The molecule has 0 radical (unpaired) electrons. The van der Waals surface area contributed by atoms with Gasteiger partial charge in [0.15, 0.2) is 11.6 Å². The van der Waals surface area contributed by atoms with Crippen LogP contribution in [0.5, 0.6) is 0 Å². The predicted octanol–water partition coefficient (Wildman–Crippen LogP) is 2.49. The van der Waals surface area contributed by atoms with E-state index in [1.54, 1.807) is 12.3 Å². The number of pyridine rings is 1. The monoisotopic (exact) mass is 384 g/mol. The summed E-state index contributed by atoms with van der Waals surface area (Å²) < 4.78 is 14.6. The van der Waals surface area contributed by atoms with Gasteiger partial charge in [0.1, 0.15) is 11.4 Å². The summed E-state index contributed by atoms with van der Waals surface area (Å²) in [5.74, 6) is 1.20. The van der Waals surface area contributed by atoms with Gasteiger partial charge in [-0.3, -0.25) is 14.7 Å². The van der Waals surface area contributed by atoms with Crippen LogP contribution in [-0.4, -0.2) is 50.0 Å². The highest BCUT2D eigenvalue weighted by Gasteiger charge is 2.50. The van der Waals surface area contributed by atoms with Gasteiger partial charge in [-0.1, -0.05) is 19.9 Å². The van der Waals surface area contributed by atoms with Crippen molar-refractivity contribution in [2.24, 2.45) is 10.9 Å². The Bertz CT molecular complexity index is 898. The van der Waals surface area contributed by atoms with Crippen molar-refractivity contribution in [1.29, 1.82) is 0 Å². The number of carbonyl (C=O) groups is 1. The van der Waals surface area contributed by atoms with Crippen molar-refractivity contribution in [1.82, 2.24) is 25.0 Å². The number of carbonyl (C=O) groups excluding carboxylic acids is 1. The summed E-state index contributed by atoms with van der Waals surface area (Å²) in [5.41, 5.74) is 0.281. The van der Waals surface area contributed by atoms with Crippen molar-refractivity contribution < 1.29 is 9.18 Å². The molecule has 1 fully saturated rings. The molecule has 0 aromatic carbocycles. The first-order valence-corrected chi connectivity index (χ1v) is 9.72. The topological polar surface area (TPSA) is 75.4 Å². The van der Waals surface area contributed by atoms with E-state index in [-0.39, 0.29) is 17.9 Å². The average Bonchev–Trinajstić information content (AvgIpc) is 3.25. The lowest BCUT2D eigenvalue weighted by molar-refractivity contribution is -0.133. The first-order chi connectivity index (χ1) is 13.4. The van der Waals surface area contributed by atoms with Crippen LogP contribution in [0.3, 0.4) is 0 Å². The fourth-order valence-electron chi connectivity index (χ4n) is 3.95. The standard InChI is InChI=1S/C20H25FN6O/c1-13(2)18-25-20(6-8-22-9-7-20)19(28)27(18)14(3)15-4-5-17(23-10-15)26-12-16(21)11-24-26/h4-5,10-14,22H,6-9H2,1-3H3. The number of amidine groups is 1. The fraction of sp³-hybridized carbons (Fsp3) is 0.500. The molecule has 4 heterocycles. The first kappa shape index (κ1) is 18.7. The van der Waals surface area contributed by atoms with E-state index >= 15 is 0 Å². The van der Waals surface area contributed by atoms with Gasteiger partial charge in [-0.2, -0.15) is 5.10 Å². The third kappa shape index (κ3) is 3.11. The summed E-state index contributed by atoms with van der Waals surface area (Å²) in [6.07, 6.45) is 5.60. The van der Waals surface area contributed by atoms with Crippen molar-refractivity contribution in [3.05, 3.63) is 42.1 Å². The molecule has 0 bridgehead atoms. The minimum absolute atomic E-state index is 0.0865. The second-order valence-corrected chi connectivity index (χ2v) is 7.81. The Labute approximate surface area is 163 Å². The zero-order chi connectivity index (χ0) is 19.9. The maximum Gasteiger partial charge on any atom is 0.256 e. The van der Waals surface area contributed by atoms with Gasteiger partial charge in [-0.25, -0.2) is 14.1 Å². The smallest absolute Gasteiger partial charge is 0.256 e. The van der Waals surface area contributed by atoms with Crippen LogP contribution in [0.4, 0.5) is 4.39 Å². The molecule has 4 rings (SSSR count). The fourth-order valence-corrected chi connectivity index (χ4v) is 3.95. The van der Waals surface area contributed by atoms with Crippen LogP contribution in [0, 0.1) is 11.7 Å². The Morgan fingerprint density at radius 2 is 1.93 bits per heavy atom. The SMILES string of the molecule is CC(C)C1=NC2(CCNCC2)C(=O)N1C(C)c1ccc(-n2cc(F)cn2)nc1. The number of nitrogens with zero attached hydrogens (tertiary/aromatic N) is 5. The molecule has 1 spiro atoms. The van der Waals surface area contributed by atoms with Crippen LogP contribution in [0.2, 0.25) is 0 Å². The number of piperidine rings is 1. The van der Waals surface area contributed by atoms with Crippen LogP contribution in [0.15, 0.2) is 35.7 Å². The van der Waals surface area contributed by atoms with Gasteiger partial charge in [0.25, 0.3) is 5.91 Å². The maximum atomic E-state index is 13.4. The number of aromatic nitrogens is 3. The minimum atomic E-state index is -0.626. The Morgan fingerprint density at radius 3 is 2.50 bits per heavy atom. The number of hydrogen-bond acceptors (Lipinski definition) is 5. The molecule has 0 aliphatic carbocycles. The first-order valence-electron chi connectivity index (χ1n) is 9.72. The average molecular weight is 384 g/mol. The lowest BCUT2D eigenvalue weighted by atomic mass is 9.88. The van der Waals surface area contributed by atoms with Crippen molar-refractivity contribution in [3.63, 3.8) is 0 Å². The summed E-state index contributed by atoms with van der Waals surface area (Å²) in [5, 5.41) is 7.25. The van der Waals surface area contributed by atoms with E-state index in [2.05, 4.69) is 29.2 Å². The van der Waals surface area contributed by atoms with E-state index in [0.717, 1.165) is 43.5 Å². The number of rotatable bonds is 4. The zero-order valence-electron chi connectivity index (χ0n) is 16.4. The molecule has 1 unspecified atom stereocenters. The van der Waals surface area contributed by atoms with Gasteiger partial charge >= 0.3 is 0 Å². The van der Waals surface area contributed by atoms with Gasteiger partial charge < -0.3 is 5.32 Å². The lowest BCUT2D eigenvalue weighted by Gasteiger charge is -2.33. The van der Waals surface area contributed by atoms with Crippen LogP contribution < -0.4 is 5.32 Å². The molecule has 0 saturated carbocycles. The molecule has 2 aliphatic heterocycles. The van der Waals surface area contributed by atoms with E-state index in [9.17, 15) is 9.18 Å². The number of aliphatic imine (C=N–C) groups is 1. The van der Waals surface area contributed by atoms with Crippen LogP contribution in [0.1, 0.15) is 45.2 Å². The summed E-state index contributed by atoms with van der Waals surface area (Å²) >= 11 is 0. The van der Waals surface area contributed by atoms with E-state index in [4.69, 9.17) is 4.99 Å². The molecular weight excluding hydrogens is 359 g/mol. The summed E-state index contributed by atoms with van der Waals surface area (Å²) in [6, 6.07) is 3.51. The normalized spacial score (nSPS) is 20.1. The number of halogens is 1. The molecule has 1 amide bonds. The molecule has 28 heavy (non-hydrogen) atoms. The van der Waals surface area contributed by atoms with Crippen molar-refractivity contribution in [3.8, 4) is 5.82 Å². The van der Waals surface area contributed by atoms with Crippen molar-refractivity contribution in [2.45, 2.75) is 45.2 Å². The highest BCUT2D eigenvalue weighted by Crippen LogP contribution is 2.37. The Morgan fingerprint density at radius 1 is 1.18 bits per heavy atom. The Kier molecular flexibility index (Phi) is 4.74. The van der Waals surface area contributed by atoms with Crippen LogP contribution in [0.25, 0.3) is 5.82 Å². The molecule has 1 saturated heterocycles. The molecule has 2 aromatic rings. The Hall–Kier alpha value is -2.61. The molecule has 148 valence electrons. The maximum absolute atomic E-state index is 13.4. The number of nitrogens with one attached hydrogen (secondary N) is 1. The third-order valence-corrected chi connectivity index (χ3v) is 5.57. The quantitative estimate of drug-likeness (QED) is 0.879. The van der Waals surface area contributed by atoms with E-state index in [0.29, 0.717) is 5.82 Å². The largest absolute Gasteiger partial charge is 0.317 e. The summed E-state index contributed by atoms with van der Waals surface area (Å²) in [4.78, 5) is 24.6. The molecule has 1 atom stereocenters. The van der Waals surface area contributed by atoms with Crippen LogP contribution >= 0.6 is 0 Å². The zero-order valence-corrected chi connectivity index (χ0v) is 16.4. The molecule has 8 heteroatoms. The summed E-state index contributed by atoms with van der Waals surface area (Å²) in [7, 11) is 0. The van der Waals surface area contributed by atoms with E-state index in [1.165, 1.54) is 10.9 Å². The predicted molar refractivity (Wildman–Crippen MR) is 104 cm³/mol. The molecule has 1 N–H and O–H groups in total. The highest BCUT2D eigenvalue weighted by atomic mass is 19.1. The van der Waals surface area contributed by atoms with Gasteiger partial charge in [0.05, 0.1) is 18.4 Å². The molecule has 7 nitrogen and oxygen atoms in total. The Balaban J connectivity index is 1.62. The van der Waals surface area contributed by atoms with Gasteiger partial charge in [0, 0.05) is 12.1 Å². The molecule has 2 aliphatic rings. The minimum Gasteiger partial charge on any atom is -0.317 e. The molecule has 2 aromatic heterocycles. The number of amides is 1. The van der Waals surface area contributed by atoms with E-state index < -0.39 is 11.4 Å². The van der Waals surface area contributed by atoms with Gasteiger partial charge in [0.2, 0.25) is 0 Å². The summed E-state index contributed by atoms with van der Waals surface area (Å²) in [6.45, 7) is 7.75. The highest BCUT2D eigenvalue weighted by molar-refractivity contribution is 6.09. The van der Waals surface area contributed by atoms with Crippen molar-refractivity contribution >= 4 is 11.7 Å².